The molecule has 4 nitrogen and oxygen atoms in total. The first-order valence-corrected chi connectivity index (χ1v) is 10.4. The van der Waals surface area contributed by atoms with Gasteiger partial charge in [0.25, 0.3) is 0 Å². The van der Waals surface area contributed by atoms with E-state index in [9.17, 15) is 9.59 Å². The average Bonchev–Trinajstić information content (AvgIpc) is 2.77. The Morgan fingerprint density at radius 2 is 1.80 bits per heavy atom. The molecule has 3 aliphatic carbocycles. The van der Waals surface area contributed by atoms with Crippen molar-refractivity contribution in [3.63, 3.8) is 0 Å². The summed E-state index contributed by atoms with van der Waals surface area (Å²) in [7, 11) is 0. The zero-order valence-electron chi connectivity index (χ0n) is 16.1. The third-order valence-electron chi connectivity index (χ3n) is 8.86. The molecule has 0 bridgehead atoms. The summed E-state index contributed by atoms with van der Waals surface area (Å²) < 4.78 is 0. The van der Waals surface area contributed by atoms with Crippen molar-refractivity contribution < 1.29 is 9.59 Å². The Morgan fingerprint density at radius 1 is 1.04 bits per heavy atom. The van der Waals surface area contributed by atoms with E-state index in [-0.39, 0.29) is 17.2 Å². The van der Waals surface area contributed by atoms with E-state index in [1.807, 2.05) is 0 Å². The number of amides is 2. The van der Waals surface area contributed by atoms with Gasteiger partial charge in [-0.1, -0.05) is 13.8 Å². The topological polar surface area (TPSA) is 58.2 Å². The molecule has 2 N–H and O–H groups in total. The van der Waals surface area contributed by atoms with Crippen molar-refractivity contribution in [2.24, 2.45) is 34.5 Å². The van der Waals surface area contributed by atoms with Crippen LogP contribution in [0.15, 0.2) is 0 Å². The van der Waals surface area contributed by atoms with E-state index in [0.29, 0.717) is 17.4 Å². The quantitative estimate of drug-likeness (QED) is 0.766. The number of hydrogen-bond donors (Lipinski definition) is 2. The third-order valence-corrected chi connectivity index (χ3v) is 8.86. The monoisotopic (exact) mass is 346 g/mol. The molecule has 4 heteroatoms. The normalized spacial score (nSPS) is 49.2. The maximum absolute atomic E-state index is 12.1. The molecular formula is C21H34N2O2. The zero-order valence-corrected chi connectivity index (χ0v) is 16.1. The van der Waals surface area contributed by atoms with Gasteiger partial charge in [-0.15, -0.1) is 0 Å². The molecule has 1 saturated heterocycles. The lowest BCUT2D eigenvalue weighted by Gasteiger charge is -2.58. The zero-order chi connectivity index (χ0) is 17.8. The Hall–Kier alpha value is -1.06. The summed E-state index contributed by atoms with van der Waals surface area (Å²) in [5, 5.41) is 6.38. The third kappa shape index (κ3) is 2.62. The van der Waals surface area contributed by atoms with Crippen LogP contribution in [0.5, 0.6) is 0 Å². The van der Waals surface area contributed by atoms with E-state index in [2.05, 4.69) is 24.5 Å². The van der Waals surface area contributed by atoms with Gasteiger partial charge in [0.2, 0.25) is 11.8 Å². The fourth-order valence-electron chi connectivity index (χ4n) is 7.51. The summed E-state index contributed by atoms with van der Waals surface area (Å²) >= 11 is 0. The van der Waals surface area contributed by atoms with Crippen LogP contribution in [0.1, 0.15) is 72.1 Å². The number of hydrogen-bond acceptors (Lipinski definition) is 2. The smallest absolute Gasteiger partial charge is 0.220 e. The van der Waals surface area contributed by atoms with Crippen LogP contribution in [0.3, 0.4) is 0 Å². The maximum Gasteiger partial charge on any atom is 0.220 e. The van der Waals surface area contributed by atoms with E-state index in [0.717, 1.165) is 43.6 Å². The fourth-order valence-corrected chi connectivity index (χ4v) is 7.51. The highest BCUT2D eigenvalue weighted by molar-refractivity contribution is 5.76. The first-order valence-electron chi connectivity index (χ1n) is 10.4. The minimum absolute atomic E-state index is 0.123. The average molecular weight is 347 g/mol. The first-order chi connectivity index (χ1) is 11.8. The lowest BCUT2D eigenvalue weighted by Crippen LogP contribution is -2.54. The maximum atomic E-state index is 12.1. The predicted octanol–water partition coefficient (Wildman–Crippen LogP) is 3.26. The molecule has 2 amide bonds. The second kappa shape index (κ2) is 5.99. The first kappa shape index (κ1) is 17.4. The van der Waals surface area contributed by atoms with Crippen LogP contribution in [-0.2, 0) is 9.59 Å². The van der Waals surface area contributed by atoms with Crippen LogP contribution in [0.4, 0.5) is 0 Å². The molecule has 140 valence electrons. The number of rotatable bonds is 1. The van der Waals surface area contributed by atoms with Crippen molar-refractivity contribution in [2.45, 2.75) is 78.2 Å². The summed E-state index contributed by atoms with van der Waals surface area (Å²) in [4.78, 5) is 23.7. The molecule has 1 heterocycles. The molecule has 0 spiro atoms. The van der Waals surface area contributed by atoms with Gasteiger partial charge in [0.05, 0.1) is 0 Å². The van der Waals surface area contributed by atoms with Crippen molar-refractivity contribution in [1.82, 2.24) is 10.6 Å². The predicted molar refractivity (Wildman–Crippen MR) is 97.7 cm³/mol. The van der Waals surface area contributed by atoms with Gasteiger partial charge in [0.1, 0.15) is 0 Å². The minimum atomic E-state index is 0.123. The number of fused-ring (bicyclic) bond motifs is 5. The molecule has 1 aliphatic heterocycles. The highest BCUT2D eigenvalue weighted by Gasteiger charge is 2.59. The largest absolute Gasteiger partial charge is 0.356 e. The minimum Gasteiger partial charge on any atom is -0.356 e. The van der Waals surface area contributed by atoms with Crippen LogP contribution in [0.25, 0.3) is 0 Å². The van der Waals surface area contributed by atoms with Gasteiger partial charge in [-0.3, -0.25) is 9.59 Å². The molecule has 0 aromatic carbocycles. The molecular weight excluding hydrogens is 312 g/mol. The molecule has 4 fully saturated rings. The summed E-state index contributed by atoms with van der Waals surface area (Å²) in [6, 6.07) is 0.360. The standard InChI is InChI=1S/C21H34N2O2/c1-13(24)23-18-7-6-16-15-5-4-14-12-19(25)22-11-10-20(14,2)17(15)8-9-21(16,18)3/h14-18H,4-12H2,1-3H3,(H,22,25)(H,23,24)/t14-,15+,16+,17+,18+,20-,21-/m0/s1. The van der Waals surface area contributed by atoms with Gasteiger partial charge in [0.15, 0.2) is 0 Å². The lowest BCUT2D eigenvalue weighted by molar-refractivity contribution is -0.126. The molecule has 3 saturated carbocycles. The van der Waals surface area contributed by atoms with Gasteiger partial charge in [0, 0.05) is 25.9 Å². The molecule has 0 aromatic rings. The molecule has 0 radical (unpaired) electrons. The van der Waals surface area contributed by atoms with Crippen molar-refractivity contribution >= 4 is 11.8 Å². The van der Waals surface area contributed by atoms with E-state index in [1.165, 1.54) is 32.1 Å². The Balaban J connectivity index is 1.59. The molecule has 4 rings (SSSR count). The van der Waals surface area contributed by atoms with Gasteiger partial charge in [-0.2, -0.15) is 0 Å². The van der Waals surface area contributed by atoms with Crippen molar-refractivity contribution in [3.05, 3.63) is 0 Å². The molecule has 4 aliphatic rings. The Labute approximate surface area is 151 Å². The summed E-state index contributed by atoms with van der Waals surface area (Å²) in [5.74, 6) is 3.23. The van der Waals surface area contributed by atoms with E-state index in [1.54, 1.807) is 6.92 Å². The summed E-state index contributed by atoms with van der Waals surface area (Å²) in [6.45, 7) is 7.43. The van der Waals surface area contributed by atoms with Crippen LogP contribution in [0.2, 0.25) is 0 Å². The van der Waals surface area contributed by atoms with Gasteiger partial charge >= 0.3 is 0 Å². The summed E-state index contributed by atoms with van der Waals surface area (Å²) in [5.41, 5.74) is 0.588. The van der Waals surface area contributed by atoms with Crippen LogP contribution >= 0.6 is 0 Å². The number of nitrogens with one attached hydrogen (secondary N) is 2. The molecule has 0 aromatic heterocycles. The van der Waals surface area contributed by atoms with Crippen molar-refractivity contribution in [2.75, 3.05) is 6.54 Å². The van der Waals surface area contributed by atoms with E-state index >= 15 is 0 Å². The molecule has 25 heavy (non-hydrogen) atoms. The van der Waals surface area contributed by atoms with Gasteiger partial charge in [-0.05, 0) is 79.4 Å². The number of carbonyl (C=O) groups excluding carboxylic acids is 2. The number of carbonyl (C=O) groups is 2. The Morgan fingerprint density at radius 3 is 2.56 bits per heavy atom. The highest BCUT2D eigenvalue weighted by Crippen LogP contribution is 2.65. The van der Waals surface area contributed by atoms with Crippen molar-refractivity contribution in [3.8, 4) is 0 Å². The molecule has 0 unspecified atom stereocenters. The van der Waals surface area contributed by atoms with Crippen LogP contribution in [-0.4, -0.2) is 24.4 Å². The summed E-state index contributed by atoms with van der Waals surface area (Å²) in [6.07, 6.45) is 9.28. The van der Waals surface area contributed by atoms with Crippen molar-refractivity contribution in [1.29, 1.82) is 0 Å². The van der Waals surface area contributed by atoms with E-state index < -0.39 is 0 Å². The second-order valence-corrected chi connectivity index (χ2v) is 9.84. The lowest BCUT2D eigenvalue weighted by atomic mass is 9.46. The Bertz CT molecular complexity index is 576. The highest BCUT2D eigenvalue weighted by atomic mass is 16.2. The Kier molecular flexibility index (Phi) is 4.16. The SMILES string of the molecule is CC(=O)N[C@@H]1CC[C@@H]2[C@H]3CC[C@H]4CC(=O)NCC[C@]4(C)[C@@H]3CC[C@@]21C. The van der Waals surface area contributed by atoms with Crippen LogP contribution < -0.4 is 10.6 Å². The van der Waals surface area contributed by atoms with E-state index in [4.69, 9.17) is 0 Å². The van der Waals surface area contributed by atoms with Crippen LogP contribution in [0, 0.1) is 34.5 Å². The molecule has 7 atom stereocenters. The second-order valence-electron chi connectivity index (χ2n) is 9.84. The fraction of sp³-hybridized carbons (Fsp3) is 0.905. The van der Waals surface area contributed by atoms with Gasteiger partial charge in [-0.25, -0.2) is 0 Å². The van der Waals surface area contributed by atoms with Gasteiger partial charge < -0.3 is 10.6 Å².